The minimum Gasteiger partial charge on any atom is -0.383 e. The summed E-state index contributed by atoms with van der Waals surface area (Å²) >= 11 is 5.91. The Bertz CT molecular complexity index is 436. The summed E-state index contributed by atoms with van der Waals surface area (Å²) in [7, 11) is 1.66. The number of rotatable bonds is 5. The number of amides is 1. The second-order valence-electron chi connectivity index (χ2n) is 5.07. The van der Waals surface area contributed by atoms with E-state index in [0.717, 1.165) is 31.4 Å². The highest BCUT2D eigenvalue weighted by Crippen LogP contribution is 2.19. The molecule has 0 aliphatic carbocycles. The molecule has 0 radical (unpaired) electrons. The van der Waals surface area contributed by atoms with Crippen LogP contribution in [0.2, 0.25) is 5.02 Å². The van der Waals surface area contributed by atoms with Gasteiger partial charge in [-0.15, -0.1) is 0 Å². The van der Waals surface area contributed by atoms with Crippen LogP contribution in [0, 0.1) is 0 Å². The van der Waals surface area contributed by atoms with Crippen LogP contribution in [0.4, 0.5) is 0 Å². The minimum atomic E-state index is -0.159. The van der Waals surface area contributed by atoms with Crippen LogP contribution in [-0.2, 0) is 9.53 Å². The van der Waals surface area contributed by atoms with Crippen LogP contribution in [0.15, 0.2) is 24.3 Å². The number of benzene rings is 1. The van der Waals surface area contributed by atoms with Gasteiger partial charge in [-0.1, -0.05) is 23.7 Å². The Hall–Kier alpha value is -1.10. The Morgan fingerprint density at radius 2 is 2.15 bits per heavy atom. The lowest BCUT2D eigenvalue weighted by molar-refractivity contribution is -0.123. The summed E-state index contributed by atoms with van der Waals surface area (Å²) in [6.07, 6.45) is 2.95. The van der Waals surface area contributed by atoms with E-state index in [1.807, 2.05) is 24.3 Å². The maximum Gasteiger partial charge on any atom is 0.237 e. The Morgan fingerprint density at radius 1 is 1.40 bits per heavy atom. The first kappa shape index (κ1) is 15.3. The molecule has 0 aromatic heterocycles. The summed E-state index contributed by atoms with van der Waals surface area (Å²) in [4.78, 5) is 12.0. The smallest absolute Gasteiger partial charge is 0.237 e. The predicted molar refractivity (Wildman–Crippen MR) is 79.9 cm³/mol. The molecule has 4 nitrogen and oxygen atoms in total. The maximum absolute atomic E-state index is 12.0. The van der Waals surface area contributed by atoms with Gasteiger partial charge in [-0.3, -0.25) is 10.1 Å². The molecular formula is C15H21ClN2O2. The largest absolute Gasteiger partial charge is 0.383 e. The summed E-state index contributed by atoms with van der Waals surface area (Å²) in [5, 5.41) is 7.05. The zero-order chi connectivity index (χ0) is 14.4. The van der Waals surface area contributed by atoms with E-state index in [1.54, 1.807) is 7.11 Å². The number of hydrogen-bond acceptors (Lipinski definition) is 3. The van der Waals surface area contributed by atoms with E-state index in [0.29, 0.717) is 11.6 Å². The van der Waals surface area contributed by atoms with Gasteiger partial charge in [0.2, 0.25) is 5.91 Å². The molecule has 0 bridgehead atoms. The predicted octanol–water partition coefficient (Wildman–Crippen LogP) is 2.29. The first-order valence-corrected chi connectivity index (χ1v) is 7.36. The fourth-order valence-corrected chi connectivity index (χ4v) is 2.57. The molecule has 0 spiro atoms. The summed E-state index contributed by atoms with van der Waals surface area (Å²) in [6.45, 7) is 1.29. The number of carbonyl (C=O) groups excluding carboxylic acids is 1. The van der Waals surface area contributed by atoms with E-state index >= 15 is 0 Å². The molecule has 1 fully saturated rings. The molecule has 1 amide bonds. The van der Waals surface area contributed by atoms with Crippen LogP contribution in [0.5, 0.6) is 0 Å². The number of hydrogen-bond donors (Lipinski definition) is 2. The van der Waals surface area contributed by atoms with E-state index in [-0.39, 0.29) is 18.0 Å². The average molecular weight is 297 g/mol. The van der Waals surface area contributed by atoms with E-state index in [1.165, 1.54) is 0 Å². The zero-order valence-electron chi connectivity index (χ0n) is 11.7. The Balaban J connectivity index is 2.07. The summed E-state index contributed by atoms with van der Waals surface area (Å²) in [5.74, 6) is 0.0811. The highest BCUT2D eigenvalue weighted by molar-refractivity contribution is 6.30. The fourth-order valence-electron chi connectivity index (χ4n) is 2.44. The van der Waals surface area contributed by atoms with Crippen LogP contribution in [0.1, 0.15) is 30.9 Å². The van der Waals surface area contributed by atoms with Gasteiger partial charge in [-0.25, -0.2) is 0 Å². The first-order valence-electron chi connectivity index (χ1n) is 6.99. The van der Waals surface area contributed by atoms with Gasteiger partial charge >= 0.3 is 0 Å². The fraction of sp³-hybridized carbons (Fsp3) is 0.533. The molecule has 1 aromatic carbocycles. The quantitative estimate of drug-likeness (QED) is 0.876. The van der Waals surface area contributed by atoms with Crippen molar-refractivity contribution in [2.75, 3.05) is 20.3 Å². The molecule has 1 heterocycles. The van der Waals surface area contributed by atoms with Crippen molar-refractivity contribution >= 4 is 17.5 Å². The topological polar surface area (TPSA) is 50.4 Å². The Labute approximate surface area is 124 Å². The van der Waals surface area contributed by atoms with Crippen molar-refractivity contribution in [2.24, 2.45) is 0 Å². The van der Waals surface area contributed by atoms with Gasteiger partial charge < -0.3 is 10.1 Å². The van der Waals surface area contributed by atoms with Crippen LogP contribution in [-0.4, -0.2) is 32.2 Å². The number of methoxy groups -OCH3 is 1. The molecule has 1 aliphatic heterocycles. The van der Waals surface area contributed by atoms with Gasteiger partial charge in [-0.2, -0.15) is 0 Å². The lowest BCUT2D eigenvalue weighted by atomic mass is 10.0. The summed E-state index contributed by atoms with van der Waals surface area (Å²) in [5.41, 5.74) is 1.08. The van der Waals surface area contributed by atoms with Gasteiger partial charge in [0.1, 0.15) is 0 Å². The molecule has 2 atom stereocenters. The standard InChI is InChI=1S/C15H21ClN2O2/c1-20-10-14(11-5-7-12(16)8-6-11)18-13-4-2-3-9-17-15(13)19/h5-8,13-14,18H,2-4,9-10H2,1H3,(H,17,19)/t13-,14+/m1/s1. The number of nitrogens with one attached hydrogen (secondary N) is 2. The lowest BCUT2D eigenvalue weighted by Crippen LogP contribution is -2.45. The summed E-state index contributed by atoms with van der Waals surface area (Å²) < 4.78 is 5.27. The molecule has 20 heavy (non-hydrogen) atoms. The van der Waals surface area contributed by atoms with E-state index in [2.05, 4.69) is 10.6 Å². The van der Waals surface area contributed by atoms with Crippen LogP contribution < -0.4 is 10.6 Å². The lowest BCUT2D eigenvalue weighted by Gasteiger charge is -2.24. The molecule has 0 unspecified atom stereocenters. The maximum atomic E-state index is 12.0. The third kappa shape index (κ3) is 4.20. The van der Waals surface area contributed by atoms with Gasteiger partial charge in [0.05, 0.1) is 18.7 Å². The second-order valence-corrected chi connectivity index (χ2v) is 5.50. The number of ether oxygens (including phenoxy) is 1. The van der Waals surface area contributed by atoms with Crippen molar-refractivity contribution in [1.82, 2.24) is 10.6 Å². The van der Waals surface area contributed by atoms with Crippen LogP contribution in [0.3, 0.4) is 0 Å². The third-order valence-corrected chi connectivity index (χ3v) is 3.80. The molecule has 110 valence electrons. The van der Waals surface area contributed by atoms with Crippen molar-refractivity contribution in [3.63, 3.8) is 0 Å². The molecular weight excluding hydrogens is 276 g/mol. The van der Waals surface area contributed by atoms with Gasteiger partial charge in [0.25, 0.3) is 0 Å². The molecule has 0 saturated carbocycles. The molecule has 2 N–H and O–H groups in total. The van der Waals surface area contributed by atoms with Crippen LogP contribution in [0.25, 0.3) is 0 Å². The van der Waals surface area contributed by atoms with Gasteiger partial charge in [-0.05, 0) is 37.0 Å². The zero-order valence-corrected chi connectivity index (χ0v) is 12.5. The van der Waals surface area contributed by atoms with E-state index < -0.39 is 0 Å². The normalized spacial score (nSPS) is 21.1. The van der Waals surface area contributed by atoms with Crippen molar-refractivity contribution < 1.29 is 9.53 Å². The number of halogens is 1. The monoisotopic (exact) mass is 296 g/mol. The SMILES string of the molecule is COC[C@H](N[C@@H]1CCCCNC1=O)c1ccc(Cl)cc1. The second kappa shape index (κ2) is 7.62. The molecule has 1 aromatic rings. The highest BCUT2D eigenvalue weighted by atomic mass is 35.5. The van der Waals surface area contributed by atoms with Crippen molar-refractivity contribution in [1.29, 1.82) is 0 Å². The third-order valence-electron chi connectivity index (χ3n) is 3.54. The number of carbonyl (C=O) groups is 1. The first-order chi connectivity index (χ1) is 9.70. The molecule has 1 saturated heterocycles. The van der Waals surface area contributed by atoms with Gasteiger partial charge in [0, 0.05) is 18.7 Å². The average Bonchev–Trinajstić information content (AvgIpc) is 2.64. The van der Waals surface area contributed by atoms with Crippen molar-refractivity contribution in [2.45, 2.75) is 31.3 Å². The highest BCUT2D eigenvalue weighted by Gasteiger charge is 2.24. The van der Waals surface area contributed by atoms with Gasteiger partial charge in [0.15, 0.2) is 0 Å². The minimum absolute atomic E-state index is 0.00823. The summed E-state index contributed by atoms with van der Waals surface area (Å²) in [6, 6.07) is 7.48. The molecule has 5 heteroatoms. The Morgan fingerprint density at radius 3 is 2.85 bits per heavy atom. The van der Waals surface area contributed by atoms with E-state index in [4.69, 9.17) is 16.3 Å². The Kier molecular flexibility index (Phi) is 5.83. The van der Waals surface area contributed by atoms with Crippen molar-refractivity contribution in [3.8, 4) is 0 Å². The van der Waals surface area contributed by atoms with E-state index in [9.17, 15) is 4.79 Å². The molecule has 1 aliphatic rings. The van der Waals surface area contributed by atoms with Crippen LogP contribution >= 0.6 is 11.6 Å². The molecule has 2 rings (SSSR count). The van der Waals surface area contributed by atoms with Crippen molar-refractivity contribution in [3.05, 3.63) is 34.9 Å².